The highest BCUT2D eigenvalue weighted by Crippen LogP contribution is 2.25. The van der Waals surface area contributed by atoms with Crippen molar-refractivity contribution in [3.8, 4) is 0 Å². The second-order valence-electron chi connectivity index (χ2n) is 5.31. The monoisotopic (exact) mass is 335 g/mol. The standard InChI is InChI=1S/C15H18ClN5O2/c1-3-23-15(22)21-8-6-20(7-9-21)13-12-11(18-14(16)19-13)5-4-10(2)17-12/h4-5H,3,6-9H2,1-2H3. The average molecular weight is 336 g/mol. The van der Waals surface area contributed by atoms with Gasteiger partial charge in [-0.2, -0.15) is 4.98 Å². The van der Waals surface area contributed by atoms with Gasteiger partial charge < -0.3 is 14.5 Å². The molecule has 0 aromatic carbocycles. The Morgan fingerprint density at radius 3 is 2.65 bits per heavy atom. The van der Waals surface area contributed by atoms with Crippen LogP contribution in [0.15, 0.2) is 12.1 Å². The molecule has 2 aromatic rings. The molecule has 3 rings (SSSR count). The van der Waals surface area contributed by atoms with Crippen LogP contribution in [0.3, 0.4) is 0 Å². The predicted molar refractivity (Wildman–Crippen MR) is 87.9 cm³/mol. The molecule has 0 saturated carbocycles. The number of ether oxygens (including phenoxy) is 1. The number of amides is 1. The van der Waals surface area contributed by atoms with Crippen LogP contribution >= 0.6 is 11.6 Å². The number of piperazine rings is 1. The van der Waals surface area contributed by atoms with Crippen molar-refractivity contribution in [1.82, 2.24) is 19.9 Å². The summed E-state index contributed by atoms with van der Waals surface area (Å²) < 4.78 is 5.04. The summed E-state index contributed by atoms with van der Waals surface area (Å²) >= 11 is 6.04. The summed E-state index contributed by atoms with van der Waals surface area (Å²) in [5.41, 5.74) is 2.35. The van der Waals surface area contributed by atoms with Crippen molar-refractivity contribution in [3.05, 3.63) is 23.1 Å². The second kappa shape index (κ2) is 6.54. The van der Waals surface area contributed by atoms with Crippen molar-refractivity contribution in [2.24, 2.45) is 0 Å². The lowest BCUT2D eigenvalue weighted by atomic mass is 10.2. The lowest BCUT2D eigenvalue weighted by Gasteiger charge is -2.34. The van der Waals surface area contributed by atoms with Gasteiger partial charge in [-0.05, 0) is 37.6 Å². The maximum atomic E-state index is 11.8. The number of carbonyl (C=O) groups is 1. The van der Waals surface area contributed by atoms with E-state index in [4.69, 9.17) is 16.3 Å². The first-order valence-electron chi connectivity index (χ1n) is 7.56. The van der Waals surface area contributed by atoms with Gasteiger partial charge in [0.1, 0.15) is 5.52 Å². The van der Waals surface area contributed by atoms with Crippen LogP contribution in [-0.4, -0.2) is 58.7 Å². The highest BCUT2D eigenvalue weighted by molar-refractivity contribution is 6.28. The fraction of sp³-hybridized carbons (Fsp3) is 0.467. The molecule has 1 aliphatic rings. The van der Waals surface area contributed by atoms with E-state index in [1.165, 1.54) is 0 Å². The smallest absolute Gasteiger partial charge is 0.409 e. The van der Waals surface area contributed by atoms with Gasteiger partial charge >= 0.3 is 6.09 Å². The average Bonchev–Trinajstić information content (AvgIpc) is 2.55. The van der Waals surface area contributed by atoms with Gasteiger partial charge in [0.15, 0.2) is 5.82 Å². The summed E-state index contributed by atoms with van der Waals surface area (Å²) in [5.74, 6) is 0.715. The van der Waals surface area contributed by atoms with Crippen LogP contribution < -0.4 is 4.90 Å². The fourth-order valence-electron chi connectivity index (χ4n) is 2.60. The first-order valence-corrected chi connectivity index (χ1v) is 7.94. The summed E-state index contributed by atoms with van der Waals surface area (Å²) in [6, 6.07) is 3.79. The summed E-state index contributed by atoms with van der Waals surface area (Å²) in [5, 5.41) is 0.200. The third-order valence-electron chi connectivity index (χ3n) is 3.74. The number of halogens is 1. The van der Waals surface area contributed by atoms with Gasteiger partial charge in [-0.3, -0.25) is 0 Å². The van der Waals surface area contributed by atoms with E-state index in [-0.39, 0.29) is 11.4 Å². The SMILES string of the molecule is CCOC(=O)N1CCN(c2nc(Cl)nc3ccc(C)nc23)CC1. The van der Waals surface area contributed by atoms with E-state index in [0.29, 0.717) is 38.6 Å². The van der Waals surface area contributed by atoms with E-state index in [2.05, 4.69) is 19.9 Å². The van der Waals surface area contributed by atoms with E-state index < -0.39 is 0 Å². The molecule has 0 atom stereocenters. The number of fused-ring (bicyclic) bond motifs is 1. The van der Waals surface area contributed by atoms with E-state index in [9.17, 15) is 4.79 Å². The third kappa shape index (κ3) is 3.29. The van der Waals surface area contributed by atoms with Crippen LogP contribution in [-0.2, 0) is 4.74 Å². The molecule has 0 radical (unpaired) electrons. The normalized spacial score (nSPS) is 15.1. The Bertz CT molecular complexity index is 731. The van der Waals surface area contributed by atoms with Crippen molar-refractivity contribution >= 4 is 34.5 Å². The molecule has 0 bridgehead atoms. The van der Waals surface area contributed by atoms with Crippen LogP contribution in [0.4, 0.5) is 10.6 Å². The molecule has 2 aromatic heterocycles. The van der Waals surface area contributed by atoms with Gasteiger partial charge in [0.05, 0.1) is 12.1 Å². The second-order valence-corrected chi connectivity index (χ2v) is 5.65. The minimum Gasteiger partial charge on any atom is -0.450 e. The van der Waals surface area contributed by atoms with Gasteiger partial charge in [-0.15, -0.1) is 0 Å². The first kappa shape index (κ1) is 15.7. The minimum atomic E-state index is -0.272. The maximum Gasteiger partial charge on any atom is 0.409 e. The van der Waals surface area contributed by atoms with Crippen molar-refractivity contribution < 1.29 is 9.53 Å². The van der Waals surface area contributed by atoms with Crippen LogP contribution in [0.1, 0.15) is 12.6 Å². The number of carbonyl (C=O) groups excluding carboxylic acids is 1. The molecule has 0 N–H and O–H groups in total. The lowest BCUT2D eigenvalue weighted by Crippen LogP contribution is -2.49. The van der Waals surface area contributed by atoms with E-state index >= 15 is 0 Å². The molecule has 1 amide bonds. The highest BCUT2D eigenvalue weighted by Gasteiger charge is 2.24. The van der Waals surface area contributed by atoms with Crippen molar-refractivity contribution in [3.63, 3.8) is 0 Å². The van der Waals surface area contributed by atoms with Crippen molar-refractivity contribution in [1.29, 1.82) is 0 Å². The summed E-state index contributed by atoms with van der Waals surface area (Å²) in [7, 11) is 0. The van der Waals surface area contributed by atoms with Gasteiger partial charge in [0, 0.05) is 31.9 Å². The molecule has 8 heteroatoms. The molecular weight excluding hydrogens is 318 g/mol. The van der Waals surface area contributed by atoms with E-state index in [0.717, 1.165) is 16.7 Å². The summed E-state index contributed by atoms with van der Waals surface area (Å²) in [6.45, 7) is 6.57. The highest BCUT2D eigenvalue weighted by atomic mass is 35.5. The zero-order chi connectivity index (χ0) is 16.4. The number of hydrogen-bond donors (Lipinski definition) is 0. The Hall–Kier alpha value is -2.15. The van der Waals surface area contributed by atoms with E-state index in [1.54, 1.807) is 11.8 Å². The zero-order valence-electron chi connectivity index (χ0n) is 13.1. The predicted octanol–water partition coefficient (Wildman–Crippen LogP) is 2.27. The van der Waals surface area contributed by atoms with E-state index in [1.807, 2.05) is 19.1 Å². The topological polar surface area (TPSA) is 71.5 Å². The maximum absolute atomic E-state index is 11.8. The molecule has 3 heterocycles. The van der Waals surface area contributed by atoms with Crippen LogP contribution in [0, 0.1) is 6.92 Å². The van der Waals surface area contributed by atoms with Crippen LogP contribution in [0.5, 0.6) is 0 Å². The molecule has 1 aliphatic heterocycles. The van der Waals surface area contributed by atoms with Gasteiger partial charge in [0.2, 0.25) is 5.28 Å². The van der Waals surface area contributed by atoms with Crippen molar-refractivity contribution in [2.45, 2.75) is 13.8 Å². The third-order valence-corrected chi connectivity index (χ3v) is 3.91. The largest absolute Gasteiger partial charge is 0.450 e. The molecular formula is C15H18ClN5O2. The molecule has 0 aliphatic carbocycles. The number of hydrogen-bond acceptors (Lipinski definition) is 6. The Kier molecular flexibility index (Phi) is 4.47. The number of rotatable bonds is 2. The molecule has 0 spiro atoms. The number of aryl methyl sites for hydroxylation is 1. The Balaban J connectivity index is 1.84. The van der Waals surface area contributed by atoms with Crippen molar-refractivity contribution in [2.75, 3.05) is 37.7 Å². The molecule has 7 nitrogen and oxygen atoms in total. The molecule has 1 fully saturated rings. The molecule has 122 valence electrons. The Labute approximate surface area is 139 Å². The van der Waals surface area contributed by atoms with Gasteiger partial charge in [0.25, 0.3) is 0 Å². The number of anilines is 1. The van der Waals surface area contributed by atoms with Gasteiger partial charge in [-0.25, -0.2) is 14.8 Å². The van der Waals surface area contributed by atoms with Crippen LogP contribution in [0.2, 0.25) is 5.28 Å². The Morgan fingerprint density at radius 2 is 1.96 bits per heavy atom. The Morgan fingerprint density at radius 1 is 1.22 bits per heavy atom. The number of nitrogens with zero attached hydrogens (tertiary/aromatic N) is 5. The quantitative estimate of drug-likeness (QED) is 0.784. The number of aromatic nitrogens is 3. The number of pyridine rings is 1. The minimum absolute atomic E-state index is 0.200. The summed E-state index contributed by atoms with van der Waals surface area (Å²) in [4.78, 5) is 28.7. The molecule has 1 saturated heterocycles. The van der Waals surface area contributed by atoms with Gasteiger partial charge in [-0.1, -0.05) is 0 Å². The zero-order valence-corrected chi connectivity index (χ0v) is 13.9. The first-order chi connectivity index (χ1) is 11.1. The lowest BCUT2D eigenvalue weighted by molar-refractivity contribution is 0.105. The molecule has 23 heavy (non-hydrogen) atoms. The van der Waals surface area contributed by atoms with Crippen LogP contribution in [0.25, 0.3) is 11.0 Å². The summed E-state index contributed by atoms with van der Waals surface area (Å²) in [6.07, 6.45) is -0.272. The molecule has 0 unspecified atom stereocenters. The fourth-order valence-corrected chi connectivity index (χ4v) is 2.78.